The van der Waals surface area contributed by atoms with Crippen LogP contribution in [0, 0.1) is 45.2 Å². The average Bonchev–Trinajstić information content (AvgIpc) is 2.97. The summed E-state index contributed by atoms with van der Waals surface area (Å²) in [6.07, 6.45) is -3.70. The van der Waals surface area contributed by atoms with Gasteiger partial charge in [0.05, 0.1) is 24.6 Å². The van der Waals surface area contributed by atoms with Crippen molar-refractivity contribution in [3.8, 4) is 11.1 Å². The highest BCUT2D eigenvalue weighted by Crippen LogP contribution is 2.40. The third kappa shape index (κ3) is 8.89. The van der Waals surface area contributed by atoms with Crippen LogP contribution in [0.3, 0.4) is 0 Å². The molecule has 11 heteroatoms. The number of nitrogens with zero attached hydrogens (tertiary/aromatic N) is 2. The van der Waals surface area contributed by atoms with Crippen molar-refractivity contribution in [1.82, 2.24) is 9.47 Å². The second kappa shape index (κ2) is 16.0. The molecule has 2 heterocycles. The number of rotatable bonds is 14. The van der Waals surface area contributed by atoms with Crippen LogP contribution in [0.2, 0.25) is 0 Å². The maximum atomic E-state index is 16.7. The van der Waals surface area contributed by atoms with E-state index < -0.39 is 71.1 Å². The molecule has 1 aliphatic rings. The molecule has 272 valence electrons. The number of ketones is 1. The van der Waals surface area contributed by atoms with Gasteiger partial charge in [-0.25, -0.2) is 8.78 Å². The van der Waals surface area contributed by atoms with E-state index in [-0.39, 0.29) is 42.1 Å². The molecule has 0 spiro atoms. The zero-order valence-corrected chi connectivity index (χ0v) is 29.9. The lowest BCUT2D eigenvalue weighted by Crippen LogP contribution is -2.39. The van der Waals surface area contributed by atoms with Crippen LogP contribution in [0.4, 0.5) is 22.0 Å². The number of aromatic nitrogens is 1. The Morgan fingerprint density at radius 2 is 1.56 bits per heavy atom. The van der Waals surface area contributed by atoms with Gasteiger partial charge in [0.2, 0.25) is 0 Å². The first-order valence-corrected chi connectivity index (χ1v) is 17.2. The number of esters is 1. The minimum absolute atomic E-state index is 0.00240. The molecule has 2 atom stereocenters. The summed E-state index contributed by atoms with van der Waals surface area (Å²) >= 11 is 0. The quantitative estimate of drug-likeness (QED) is 0.124. The summed E-state index contributed by atoms with van der Waals surface area (Å²) in [4.78, 5) is 42.5. The summed E-state index contributed by atoms with van der Waals surface area (Å²) in [5, 5.41) is 0. The van der Waals surface area contributed by atoms with Crippen molar-refractivity contribution >= 4 is 11.8 Å². The molecule has 0 bridgehead atoms. The Morgan fingerprint density at radius 1 is 0.920 bits per heavy atom. The van der Waals surface area contributed by atoms with Crippen LogP contribution in [0.25, 0.3) is 11.1 Å². The van der Waals surface area contributed by atoms with E-state index in [1.165, 1.54) is 13.0 Å². The Hall–Kier alpha value is -3.86. The Labute approximate surface area is 290 Å². The number of hydrogen-bond acceptors (Lipinski definition) is 5. The first-order chi connectivity index (χ1) is 23.4. The van der Waals surface area contributed by atoms with Gasteiger partial charge in [-0.1, -0.05) is 31.5 Å². The number of carbonyl (C=O) groups is 2. The number of aryl methyl sites for hydroxylation is 4. The summed E-state index contributed by atoms with van der Waals surface area (Å²) in [6.45, 7) is 14.1. The number of ether oxygens (including phenoxy) is 1. The van der Waals surface area contributed by atoms with Crippen molar-refractivity contribution in [3.63, 3.8) is 0 Å². The normalized spacial score (nSPS) is 14.8. The van der Waals surface area contributed by atoms with Gasteiger partial charge in [0.15, 0.2) is 5.78 Å². The zero-order chi connectivity index (χ0) is 37.1. The highest BCUT2D eigenvalue weighted by Gasteiger charge is 2.37. The monoisotopic (exact) mass is 702 g/mol. The molecule has 3 aromatic rings. The standard InChI is InChI=1S/C39H47F5N2O4/c1-8-50-34(49)19-28(36-37(40)26(7)17-29(38(36)41)35-24(5)15-23(4)16-25(35)6)18-32(47)31(14-22(2)3)46-21-27(10-13-45-11-9-12-45)30(20-33(46)48)39(42,43)44/h15-17,20-22,28,31H,8-14,18-19H2,1-7H3/t28-,31?/m0/s1. The average molecular weight is 703 g/mol. The van der Waals surface area contributed by atoms with Crippen LogP contribution in [-0.4, -0.2) is 47.5 Å². The van der Waals surface area contributed by atoms with Crippen molar-refractivity contribution in [3.05, 3.63) is 91.4 Å². The van der Waals surface area contributed by atoms with Crippen molar-refractivity contribution in [1.29, 1.82) is 0 Å². The van der Waals surface area contributed by atoms with Gasteiger partial charge < -0.3 is 14.2 Å². The molecule has 1 fully saturated rings. The van der Waals surface area contributed by atoms with E-state index in [4.69, 9.17) is 4.74 Å². The molecule has 2 aromatic carbocycles. The maximum absolute atomic E-state index is 16.7. The third-order valence-electron chi connectivity index (χ3n) is 9.45. The zero-order valence-electron chi connectivity index (χ0n) is 29.9. The fourth-order valence-corrected chi connectivity index (χ4v) is 7.05. The van der Waals surface area contributed by atoms with Crippen LogP contribution in [-0.2, 0) is 26.9 Å². The summed E-state index contributed by atoms with van der Waals surface area (Å²) in [5.41, 5.74) is 0.684. The Balaban J connectivity index is 1.84. The van der Waals surface area contributed by atoms with Crippen molar-refractivity contribution < 1.29 is 36.3 Å². The Bertz CT molecular complexity index is 1770. The number of halogens is 5. The topological polar surface area (TPSA) is 68.6 Å². The van der Waals surface area contributed by atoms with E-state index in [0.29, 0.717) is 18.2 Å². The summed E-state index contributed by atoms with van der Waals surface area (Å²) in [7, 11) is 0. The third-order valence-corrected chi connectivity index (χ3v) is 9.45. The first-order valence-electron chi connectivity index (χ1n) is 17.2. The van der Waals surface area contributed by atoms with Gasteiger partial charge in [0, 0.05) is 42.3 Å². The van der Waals surface area contributed by atoms with Gasteiger partial charge in [-0.05, 0) is 107 Å². The van der Waals surface area contributed by atoms with Crippen LogP contribution in [0.1, 0.15) is 97.4 Å². The minimum Gasteiger partial charge on any atom is -0.466 e. The molecule has 1 saturated heterocycles. The second-order valence-corrected chi connectivity index (χ2v) is 14.0. The smallest absolute Gasteiger partial charge is 0.416 e. The number of hydrogen-bond donors (Lipinski definition) is 0. The van der Waals surface area contributed by atoms with Gasteiger partial charge in [0.1, 0.15) is 11.6 Å². The van der Waals surface area contributed by atoms with Gasteiger partial charge in [0.25, 0.3) is 5.56 Å². The summed E-state index contributed by atoms with van der Waals surface area (Å²) in [6, 6.07) is 4.47. The van der Waals surface area contributed by atoms with Crippen molar-refractivity contribution in [2.75, 3.05) is 26.2 Å². The van der Waals surface area contributed by atoms with Gasteiger partial charge in [-0.3, -0.25) is 14.4 Å². The van der Waals surface area contributed by atoms with E-state index >= 15 is 8.78 Å². The SMILES string of the molecule is CCOC(=O)C[C@H](CC(=O)C(CC(C)C)n1cc(CCN2CCC2)c(C(F)(F)F)cc1=O)c1c(F)c(C)cc(-c2c(C)cc(C)cc2C)c1F. The number of alkyl halides is 3. The lowest BCUT2D eigenvalue weighted by atomic mass is 9.83. The largest absolute Gasteiger partial charge is 0.466 e. The summed E-state index contributed by atoms with van der Waals surface area (Å²) < 4.78 is 81.2. The van der Waals surface area contributed by atoms with Crippen LogP contribution < -0.4 is 5.56 Å². The van der Waals surface area contributed by atoms with Crippen LogP contribution >= 0.6 is 0 Å². The highest BCUT2D eigenvalue weighted by atomic mass is 19.4. The maximum Gasteiger partial charge on any atom is 0.416 e. The molecule has 1 aliphatic heterocycles. The van der Waals surface area contributed by atoms with Crippen LogP contribution in [0.5, 0.6) is 0 Å². The van der Waals surface area contributed by atoms with Crippen LogP contribution in [0.15, 0.2) is 35.3 Å². The van der Waals surface area contributed by atoms with E-state index in [2.05, 4.69) is 0 Å². The Morgan fingerprint density at radius 3 is 2.10 bits per heavy atom. The van der Waals surface area contributed by atoms with Crippen molar-refractivity contribution in [2.24, 2.45) is 5.92 Å². The summed E-state index contributed by atoms with van der Waals surface area (Å²) in [5.74, 6) is -4.72. The molecule has 1 unspecified atom stereocenters. The van der Waals surface area contributed by atoms with E-state index in [1.54, 1.807) is 20.8 Å². The van der Waals surface area contributed by atoms with Gasteiger partial charge in [-0.15, -0.1) is 0 Å². The highest BCUT2D eigenvalue weighted by molar-refractivity contribution is 5.85. The molecular formula is C39H47F5N2O4. The predicted molar refractivity (Wildman–Crippen MR) is 183 cm³/mol. The molecular weight excluding hydrogens is 655 g/mol. The number of carbonyl (C=O) groups excluding carboxylic acids is 2. The lowest BCUT2D eigenvalue weighted by Gasteiger charge is -2.31. The fourth-order valence-electron chi connectivity index (χ4n) is 7.05. The second-order valence-electron chi connectivity index (χ2n) is 14.0. The van der Waals surface area contributed by atoms with Crippen molar-refractivity contribution in [2.45, 2.75) is 98.7 Å². The molecule has 1 aromatic heterocycles. The van der Waals surface area contributed by atoms with Gasteiger partial charge in [-0.2, -0.15) is 13.2 Å². The minimum atomic E-state index is -4.78. The molecule has 0 N–H and O–H groups in total. The van der Waals surface area contributed by atoms with E-state index in [0.717, 1.165) is 47.0 Å². The molecule has 4 rings (SSSR count). The number of Topliss-reactive ketones (excluding diaryl/α,β-unsaturated/α-hetero) is 1. The predicted octanol–water partition coefficient (Wildman–Crippen LogP) is 8.58. The number of pyridine rings is 1. The van der Waals surface area contributed by atoms with Gasteiger partial charge >= 0.3 is 12.1 Å². The fraction of sp³-hybridized carbons (Fsp3) is 0.513. The number of benzene rings is 2. The molecule has 6 nitrogen and oxygen atoms in total. The van der Waals surface area contributed by atoms with E-state index in [9.17, 15) is 27.6 Å². The van der Waals surface area contributed by atoms with E-state index in [1.807, 2.05) is 37.8 Å². The molecule has 0 aliphatic carbocycles. The molecule has 0 radical (unpaired) electrons. The molecule has 0 saturated carbocycles. The molecule has 50 heavy (non-hydrogen) atoms. The lowest BCUT2D eigenvalue weighted by molar-refractivity contribution is -0.143. The first kappa shape index (κ1) is 38.9. The molecule has 0 amide bonds. The number of likely N-dealkylation sites (tertiary alicyclic amines) is 1. The Kier molecular flexibility index (Phi) is 12.5.